The second-order valence-electron chi connectivity index (χ2n) is 6.54. The van der Waals surface area contributed by atoms with Crippen LogP contribution in [0.15, 0.2) is 24.3 Å². The van der Waals surface area contributed by atoms with E-state index in [0.717, 1.165) is 49.3 Å². The van der Waals surface area contributed by atoms with Crippen molar-refractivity contribution in [3.8, 4) is 0 Å². The van der Waals surface area contributed by atoms with Crippen molar-refractivity contribution < 1.29 is 4.79 Å². The molecule has 2 saturated heterocycles. The zero-order valence-electron chi connectivity index (χ0n) is 15.0. The van der Waals surface area contributed by atoms with Crippen LogP contribution in [-0.2, 0) is 4.79 Å². The summed E-state index contributed by atoms with van der Waals surface area (Å²) in [5.74, 6) is 2.50. The summed E-state index contributed by atoms with van der Waals surface area (Å²) >= 11 is 8.27. The molecule has 2 aliphatic heterocycles. The maximum absolute atomic E-state index is 12.5. The van der Waals surface area contributed by atoms with Crippen molar-refractivity contribution in [2.75, 3.05) is 44.2 Å². The van der Waals surface area contributed by atoms with Gasteiger partial charge < -0.3 is 10.2 Å². The molecule has 148 valence electrons. The number of amides is 1. The lowest BCUT2D eigenvalue weighted by molar-refractivity contribution is -0.133. The highest BCUT2D eigenvalue weighted by atomic mass is 35.5. The normalized spacial score (nSPS) is 22.1. The molecule has 3 rings (SSSR count). The average molecular weight is 441 g/mol. The van der Waals surface area contributed by atoms with Gasteiger partial charge in [0.15, 0.2) is 0 Å². The Morgan fingerprint density at radius 2 is 1.96 bits per heavy atom. The Balaban J connectivity index is 0.00000169. The van der Waals surface area contributed by atoms with E-state index in [4.69, 9.17) is 11.6 Å². The topological polar surface area (TPSA) is 35.6 Å². The molecule has 8 heteroatoms. The fraction of sp³-hybridized carbons (Fsp3) is 0.611. The van der Waals surface area contributed by atoms with Crippen LogP contribution in [0.3, 0.4) is 0 Å². The highest BCUT2D eigenvalue weighted by Gasteiger charge is 2.27. The van der Waals surface area contributed by atoms with Gasteiger partial charge in [0.25, 0.3) is 0 Å². The van der Waals surface area contributed by atoms with E-state index < -0.39 is 0 Å². The monoisotopic (exact) mass is 439 g/mol. The lowest BCUT2D eigenvalue weighted by Crippen LogP contribution is -2.51. The molecule has 0 bridgehead atoms. The van der Waals surface area contributed by atoms with Crippen molar-refractivity contribution in [1.82, 2.24) is 15.1 Å². The van der Waals surface area contributed by atoms with Gasteiger partial charge >= 0.3 is 0 Å². The van der Waals surface area contributed by atoms with Crippen molar-refractivity contribution >= 4 is 54.1 Å². The first-order valence-corrected chi connectivity index (χ1v) is 10.3. The highest BCUT2D eigenvalue weighted by Crippen LogP contribution is 2.27. The maximum Gasteiger partial charge on any atom is 0.224 e. The number of rotatable bonds is 4. The second-order valence-corrected chi connectivity index (χ2v) is 8.10. The summed E-state index contributed by atoms with van der Waals surface area (Å²) in [5, 5.41) is 4.27. The Hall–Kier alpha value is -0.170. The van der Waals surface area contributed by atoms with Crippen LogP contribution in [0, 0.1) is 0 Å². The molecule has 26 heavy (non-hydrogen) atoms. The Bertz CT molecular complexity index is 564. The minimum Gasteiger partial charge on any atom is -0.340 e. The Morgan fingerprint density at radius 3 is 2.58 bits per heavy atom. The van der Waals surface area contributed by atoms with E-state index in [2.05, 4.69) is 23.2 Å². The van der Waals surface area contributed by atoms with Crippen molar-refractivity contribution in [3.05, 3.63) is 34.9 Å². The molecule has 2 atom stereocenters. The van der Waals surface area contributed by atoms with Crippen LogP contribution in [-0.4, -0.2) is 66.0 Å². The number of benzene rings is 1. The van der Waals surface area contributed by atoms with Crippen LogP contribution in [0.25, 0.3) is 0 Å². The number of nitrogens with one attached hydrogen (secondary N) is 1. The van der Waals surface area contributed by atoms with Gasteiger partial charge in [0.2, 0.25) is 5.91 Å². The first-order chi connectivity index (χ1) is 11.6. The Kier molecular flexibility index (Phi) is 10.7. The number of piperazine rings is 1. The zero-order valence-corrected chi connectivity index (χ0v) is 18.2. The van der Waals surface area contributed by atoms with Crippen molar-refractivity contribution in [2.45, 2.75) is 25.4 Å². The van der Waals surface area contributed by atoms with E-state index >= 15 is 0 Å². The zero-order chi connectivity index (χ0) is 16.9. The molecular formula is C18H28Cl3N3OS. The molecule has 1 amide bonds. The van der Waals surface area contributed by atoms with Crippen molar-refractivity contribution in [3.63, 3.8) is 0 Å². The average Bonchev–Trinajstić information content (AvgIpc) is 2.62. The van der Waals surface area contributed by atoms with Gasteiger partial charge in [0, 0.05) is 67.8 Å². The largest absolute Gasteiger partial charge is 0.340 e. The molecule has 2 fully saturated rings. The summed E-state index contributed by atoms with van der Waals surface area (Å²) in [7, 11) is 0. The first-order valence-electron chi connectivity index (χ1n) is 8.72. The first kappa shape index (κ1) is 23.9. The molecule has 1 aromatic carbocycles. The fourth-order valence-electron chi connectivity index (χ4n) is 3.46. The van der Waals surface area contributed by atoms with Gasteiger partial charge in [0.05, 0.1) is 0 Å². The van der Waals surface area contributed by atoms with Gasteiger partial charge in [-0.3, -0.25) is 9.69 Å². The van der Waals surface area contributed by atoms with Crippen LogP contribution < -0.4 is 5.32 Å². The lowest BCUT2D eigenvalue weighted by Gasteiger charge is -2.39. The molecule has 0 aliphatic carbocycles. The third kappa shape index (κ3) is 6.18. The molecule has 4 nitrogen and oxygen atoms in total. The highest BCUT2D eigenvalue weighted by molar-refractivity contribution is 7.99. The van der Waals surface area contributed by atoms with Gasteiger partial charge in [-0.1, -0.05) is 29.8 Å². The molecule has 2 unspecified atom stereocenters. The molecule has 2 aliphatic rings. The molecular weight excluding hydrogens is 413 g/mol. The van der Waals surface area contributed by atoms with Gasteiger partial charge in [-0.15, -0.1) is 24.8 Å². The minimum absolute atomic E-state index is 0. The Morgan fingerprint density at radius 1 is 1.27 bits per heavy atom. The predicted molar refractivity (Wildman–Crippen MR) is 116 cm³/mol. The summed E-state index contributed by atoms with van der Waals surface area (Å²) in [4.78, 5) is 16.9. The van der Waals surface area contributed by atoms with Crippen LogP contribution in [0.4, 0.5) is 0 Å². The number of nitrogens with zero attached hydrogens (tertiary/aromatic N) is 2. The summed E-state index contributed by atoms with van der Waals surface area (Å²) in [6.45, 7) is 6.66. The van der Waals surface area contributed by atoms with E-state index in [1.165, 1.54) is 5.56 Å². The standard InChI is InChI=1S/C18H26ClN3OS.2ClH/c1-14(16-4-2-3-5-17(16)19)21-7-9-22(10-8-21)18(23)12-15-13-24-11-6-20-15;;/h2-5,14-15,20H,6-13H2,1H3;2*1H. The maximum atomic E-state index is 12.5. The lowest BCUT2D eigenvalue weighted by atomic mass is 10.1. The number of hydrogen-bond donors (Lipinski definition) is 1. The van der Waals surface area contributed by atoms with Crippen molar-refractivity contribution in [1.29, 1.82) is 0 Å². The molecule has 1 N–H and O–H groups in total. The van der Waals surface area contributed by atoms with E-state index in [-0.39, 0.29) is 30.9 Å². The third-order valence-corrected chi connectivity index (χ3v) is 6.46. The van der Waals surface area contributed by atoms with Gasteiger partial charge in [-0.05, 0) is 18.6 Å². The molecule has 0 saturated carbocycles. The van der Waals surface area contributed by atoms with Gasteiger partial charge in [-0.2, -0.15) is 11.8 Å². The van der Waals surface area contributed by atoms with Gasteiger partial charge in [0.1, 0.15) is 0 Å². The van der Waals surface area contributed by atoms with E-state index in [0.29, 0.717) is 18.4 Å². The molecule has 0 aromatic heterocycles. The second kappa shape index (κ2) is 11.6. The SMILES string of the molecule is CC(c1ccccc1Cl)N1CCN(C(=O)CC2CSCCN2)CC1.Cl.Cl. The Labute approximate surface area is 178 Å². The number of halogens is 3. The van der Waals surface area contributed by atoms with E-state index in [1.54, 1.807) is 0 Å². The number of carbonyl (C=O) groups is 1. The summed E-state index contributed by atoms with van der Waals surface area (Å²) in [5.41, 5.74) is 1.17. The smallest absolute Gasteiger partial charge is 0.224 e. The molecule has 0 spiro atoms. The summed E-state index contributed by atoms with van der Waals surface area (Å²) in [6, 6.07) is 8.67. The predicted octanol–water partition coefficient (Wildman–Crippen LogP) is 3.48. The van der Waals surface area contributed by atoms with Crippen LogP contribution in [0.1, 0.15) is 24.9 Å². The summed E-state index contributed by atoms with van der Waals surface area (Å²) < 4.78 is 0. The van der Waals surface area contributed by atoms with Crippen LogP contribution in [0.2, 0.25) is 5.02 Å². The minimum atomic E-state index is 0. The van der Waals surface area contributed by atoms with Gasteiger partial charge in [-0.25, -0.2) is 0 Å². The molecule has 1 aromatic rings. The molecule has 0 radical (unpaired) electrons. The molecule has 2 heterocycles. The summed E-state index contributed by atoms with van der Waals surface area (Å²) in [6.07, 6.45) is 0.632. The number of carbonyl (C=O) groups excluding carboxylic acids is 1. The fourth-order valence-corrected chi connectivity index (χ4v) is 4.70. The quantitative estimate of drug-likeness (QED) is 0.777. The van der Waals surface area contributed by atoms with E-state index in [1.807, 2.05) is 34.9 Å². The number of thioether (sulfide) groups is 1. The van der Waals surface area contributed by atoms with Crippen molar-refractivity contribution in [2.24, 2.45) is 0 Å². The number of hydrogen-bond acceptors (Lipinski definition) is 4. The van der Waals surface area contributed by atoms with Crippen LogP contribution >= 0.6 is 48.2 Å². The third-order valence-electron chi connectivity index (χ3n) is 4.99. The van der Waals surface area contributed by atoms with E-state index in [9.17, 15) is 4.79 Å². The van der Waals surface area contributed by atoms with Crippen LogP contribution in [0.5, 0.6) is 0 Å².